The Morgan fingerprint density at radius 3 is 2.24 bits per heavy atom. The Kier molecular flexibility index (Phi) is 3.15. The highest BCUT2D eigenvalue weighted by atomic mass is 19.1. The molecule has 1 aromatic rings. The van der Waals surface area contributed by atoms with Gasteiger partial charge in [0.25, 0.3) is 0 Å². The number of aromatic hydroxyl groups is 1. The van der Waals surface area contributed by atoms with Crippen LogP contribution in [0.25, 0.3) is 0 Å². The zero-order chi connectivity index (χ0) is 12.5. The van der Waals surface area contributed by atoms with Crippen LogP contribution in [-0.2, 0) is 5.41 Å². The number of phenolic OH excluding ortho intramolecular Hbond substituents is 1. The fraction of sp³-hybridized carbons (Fsp3) is 0.600. The third kappa shape index (κ3) is 2.05. The Bertz CT molecular complexity index is 386. The van der Waals surface area contributed by atoms with E-state index in [1.807, 2.05) is 12.1 Å². The lowest BCUT2D eigenvalue weighted by Gasteiger charge is -2.45. The second-order valence-electron chi connectivity index (χ2n) is 5.63. The van der Waals surface area contributed by atoms with Crippen LogP contribution in [0.4, 0.5) is 4.39 Å². The third-order valence-electron chi connectivity index (χ3n) is 4.26. The van der Waals surface area contributed by atoms with E-state index in [-0.39, 0.29) is 5.75 Å². The average Bonchev–Trinajstić information content (AvgIpc) is 2.29. The number of rotatable bonds is 2. The van der Waals surface area contributed by atoms with Crippen LogP contribution in [0.3, 0.4) is 0 Å². The first-order valence-corrected chi connectivity index (χ1v) is 6.45. The van der Waals surface area contributed by atoms with Crippen molar-refractivity contribution < 1.29 is 9.50 Å². The quantitative estimate of drug-likeness (QED) is 0.809. The number of phenols is 1. The van der Waals surface area contributed by atoms with E-state index in [2.05, 4.69) is 0 Å². The minimum absolute atomic E-state index is 0.236. The summed E-state index contributed by atoms with van der Waals surface area (Å²) >= 11 is 0. The molecule has 0 amide bonds. The van der Waals surface area contributed by atoms with E-state index in [1.54, 1.807) is 26.0 Å². The SMILES string of the molecule is CC(C)(F)C1(c2ccccc2O)CCCCC1. The molecule has 0 aliphatic heterocycles. The summed E-state index contributed by atoms with van der Waals surface area (Å²) in [5.74, 6) is 0.236. The molecule has 2 heteroatoms. The number of halogens is 1. The zero-order valence-corrected chi connectivity index (χ0v) is 10.7. The summed E-state index contributed by atoms with van der Waals surface area (Å²) in [6.07, 6.45) is 4.91. The second kappa shape index (κ2) is 4.32. The van der Waals surface area contributed by atoms with Gasteiger partial charge in [-0.05, 0) is 32.8 Å². The molecular formula is C15H21FO. The number of hydrogen-bond donors (Lipinski definition) is 1. The largest absolute Gasteiger partial charge is 0.508 e. The van der Waals surface area contributed by atoms with Gasteiger partial charge in [0.1, 0.15) is 11.4 Å². The first-order valence-electron chi connectivity index (χ1n) is 6.45. The summed E-state index contributed by atoms with van der Waals surface area (Å²) in [5.41, 5.74) is -1.03. The summed E-state index contributed by atoms with van der Waals surface area (Å²) in [7, 11) is 0. The summed E-state index contributed by atoms with van der Waals surface area (Å²) < 4.78 is 14.7. The fourth-order valence-corrected chi connectivity index (χ4v) is 3.22. The maximum Gasteiger partial charge on any atom is 0.119 e. The summed E-state index contributed by atoms with van der Waals surface area (Å²) in [4.78, 5) is 0. The number of alkyl halides is 1. The van der Waals surface area contributed by atoms with E-state index in [4.69, 9.17) is 0 Å². The lowest BCUT2D eigenvalue weighted by atomic mass is 9.61. The summed E-state index contributed by atoms with van der Waals surface area (Å²) in [5, 5.41) is 10.0. The van der Waals surface area contributed by atoms with Crippen LogP contribution in [-0.4, -0.2) is 10.8 Å². The van der Waals surface area contributed by atoms with Gasteiger partial charge in [-0.1, -0.05) is 37.5 Å². The van der Waals surface area contributed by atoms with E-state index in [0.717, 1.165) is 31.2 Å². The molecule has 1 saturated carbocycles. The molecule has 1 fully saturated rings. The Labute approximate surface area is 103 Å². The molecule has 17 heavy (non-hydrogen) atoms. The van der Waals surface area contributed by atoms with E-state index in [1.165, 1.54) is 6.42 Å². The molecule has 0 spiro atoms. The molecular weight excluding hydrogens is 215 g/mol. The van der Waals surface area contributed by atoms with Crippen molar-refractivity contribution in [2.45, 2.75) is 57.0 Å². The second-order valence-corrected chi connectivity index (χ2v) is 5.63. The summed E-state index contributed by atoms with van der Waals surface area (Å²) in [6, 6.07) is 7.22. The van der Waals surface area contributed by atoms with E-state index < -0.39 is 11.1 Å². The van der Waals surface area contributed by atoms with Gasteiger partial charge in [-0.15, -0.1) is 0 Å². The first kappa shape index (κ1) is 12.4. The Morgan fingerprint density at radius 1 is 1.12 bits per heavy atom. The molecule has 1 aliphatic rings. The van der Waals surface area contributed by atoms with Crippen molar-refractivity contribution in [3.63, 3.8) is 0 Å². The van der Waals surface area contributed by atoms with Crippen molar-refractivity contribution in [2.75, 3.05) is 0 Å². The van der Waals surface area contributed by atoms with Crippen LogP contribution in [0.1, 0.15) is 51.5 Å². The van der Waals surface area contributed by atoms with Crippen molar-refractivity contribution in [2.24, 2.45) is 0 Å². The molecule has 0 unspecified atom stereocenters. The fourth-order valence-electron chi connectivity index (χ4n) is 3.22. The van der Waals surface area contributed by atoms with E-state index in [0.29, 0.717) is 0 Å². The average molecular weight is 236 g/mol. The Balaban J connectivity index is 2.51. The zero-order valence-electron chi connectivity index (χ0n) is 10.7. The van der Waals surface area contributed by atoms with Gasteiger partial charge in [0.05, 0.1) is 0 Å². The van der Waals surface area contributed by atoms with E-state index >= 15 is 0 Å². The molecule has 2 rings (SSSR count). The van der Waals surface area contributed by atoms with Gasteiger partial charge >= 0.3 is 0 Å². The third-order valence-corrected chi connectivity index (χ3v) is 4.26. The minimum atomic E-state index is -1.30. The summed E-state index contributed by atoms with van der Waals surface area (Å²) in [6.45, 7) is 3.29. The van der Waals surface area contributed by atoms with Crippen LogP contribution < -0.4 is 0 Å². The molecule has 0 bridgehead atoms. The van der Waals surface area contributed by atoms with E-state index in [9.17, 15) is 9.50 Å². The molecule has 0 heterocycles. The first-order chi connectivity index (χ1) is 7.97. The smallest absolute Gasteiger partial charge is 0.119 e. The minimum Gasteiger partial charge on any atom is -0.508 e. The molecule has 1 aliphatic carbocycles. The molecule has 1 N–H and O–H groups in total. The standard InChI is InChI=1S/C15H21FO/c1-14(2,16)15(10-6-3-7-11-15)12-8-4-5-9-13(12)17/h4-5,8-9,17H,3,6-7,10-11H2,1-2H3. The highest BCUT2D eigenvalue weighted by Crippen LogP contribution is 2.51. The lowest BCUT2D eigenvalue weighted by Crippen LogP contribution is -2.45. The van der Waals surface area contributed by atoms with Gasteiger partial charge in [0.15, 0.2) is 0 Å². The molecule has 0 atom stereocenters. The van der Waals surface area contributed by atoms with Crippen molar-refractivity contribution >= 4 is 0 Å². The predicted molar refractivity (Wildman–Crippen MR) is 68.1 cm³/mol. The Morgan fingerprint density at radius 2 is 1.71 bits per heavy atom. The Hall–Kier alpha value is -1.05. The molecule has 94 valence electrons. The highest BCUT2D eigenvalue weighted by Gasteiger charge is 2.48. The normalized spacial score (nSPS) is 20.2. The van der Waals surface area contributed by atoms with Crippen LogP contribution >= 0.6 is 0 Å². The topological polar surface area (TPSA) is 20.2 Å². The molecule has 0 aromatic heterocycles. The van der Waals surface area contributed by atoms with Gasteiger partial charge in [0.2, 0.25) is 0 Å². The predicted octanol–water partition coefficient (Wildman–Crippen LogP) is 4.34. The molecule has 0 saturated heterocycles. The molecule has 0 radical (unpaired) electrons. The van der Waals surface area contributed by atoms with Crippen molar-refractivity contribution in [3.05, 3.63) is 29.8 Å². The van der Waals surface area contributed by atoms with Crippen molar-refractivity contribution in [1.29, 1.82) is 0 Å². The van der Waals surface area contributed by atoms with Crippen LogP contribution in [0.15, 0.2) is 24.3 Å². The lowest BCUT2D eigenvalue weighted by molar-refractivity contribution is 0.0546. The monoisotopic (exact) mass is 236 g/mol. The van der Waals surface area contributed by atoms with Crippen molar-refractivity contribution in [3.8, 4) is 5.75 Å². The highest BCUT2D eigenvalue weighted by molar-refractivity contribution is 5.41. The van der Waals surface area contributed by atoms with Gasteiger partial charge in [0, 0.05) is 11.0 Å². The number of para-hydroxylation sites is 1. The van der Waals surface area contributed by atoms with Crippen LogP contribution in [0.2, 0.25) is 0 Å². The van der Waals surface area contributed by atoms with Gasteiger partial charge in [-0.25, -0.2) is 4.39 Å². The van der Waals surface area contributed by atoms with Gasteiger partial charge in [-0.3, -0.25) is 0 Å². The maximum atomic E-state index is 14.7. The van der Waals surface area contributed by atoms with Crippen LogP contribution in [0.5, 0.6) is 5.75 Å². The maximum absolute atomic E-state index is 14.7. The molecule has 1 aromatic carbocycles. The van der Waals surface area contributed by atoms with Gasteiger partial charge < -0.3 is 5.11 Å². The number of benzene rings is 1. The molecule has 1 nitrogen and oxygen atoms in total. The number of hydrogen-bond acceptors (Lipinski definition) is 1. The van der Waals surface area contributed by atoms with Gasteiger partial charge in [-0.2, -0.15) is 0 Å². The van der Waals surface area contributed by atoms with Crippen molar-refractivity contribution in [1.82, 2.24) is 0 Å². The van der Waals surface area contributed by atoms with Crippen LogP contribution in [0, 0.1) is 0 Å².